The first-order chi connectivity index (χ1) is 12.8. The van der Waals surface area contributed by atoms with Crippen LogP contribution in [-0.2, 0) is 16.1 Å². The van der Waals surface area contributed by atoms with Crippen molar-refractivity contribution in [3.8, 4) is 0 Å². The summed E-state index contributed by atoms with van der Waals surface area (Å²) in [6.45, 7) is 8.81. The maximum atomic E-state index is 12.2. The monoisotopic (exact) mass is 375 g/mol. The van der Waals surface area contributed by atoms with E-state index in [0.717, 1.165) is 25.1 Å². The highest BCUT2D eigenvalue weighted by Gasteiger charge is 2.38. The lowest BCUT2D eigenvalue weighted by Crippen LogP contribution is -2.62. The predicted octanol–water partition coefficient (Wildman–Crippen LogP) is 2.61. The molecule has 27 heavy (non-hydrogen) atoms. The van der Waals surface area contributed by atoms with Crippen molar-refractivity contribution in [1.82, 2.24) is 15.1 Å². The fraction of sp³-hybridized carbons (Fsp3) is 0.600. The Bertz CT molecular complexity index is 653. The van der Waals surface area contributed by atoms with Gasteiger partial charge in [-0.1, -0.05) is 30.3 Å². The van der Waals surface area contributed by atoms with Crippen LogP contribution in [0.15, 0.2) is 30.3 Å². The zero-order valence-electron chi connectivity index (χ0n) is 16.3. The first kappa shape index (κ1) is 19.5. The van der Waals surface area contributed by atoms with Gasteiger partial charge in [-0.3, -0.25) is 4.90 Å². The zero-order valence-corrected chi connectivity index (χ0v) is 16.3. The molecule has 2 heterocycles. The van der Waals surface area contributed by atoms with Crippen LogP contribution in [0.25, 0.3) is 0 Å². The number of nitrogens with zero attached hydrogens (tertiary/aromatic N) is 2. The summed E-state index contributed by atoms with van der Waals surface area (Å²) >= 11 is 0. The van der Waals surface area contributed by atoms with Crippen molar-refractivity contribution in [3.63, 3.8) is 0 Å². The number of alkyl carbamates (subject to hydrolysis) is 1. The molecule has 0 spiro atoms. The average molecular weight is 375 g/mol. The van der Waals surface area contributed by atoms with Gasteiger partial charge in [0, 0.05) is 32.2 Å². The van der Waals surface area contributed by atoms with Gasteiger partial charge in [0.15, 0.2) is 0 Å². The highest BCUT2D eigenvalue weighted by atomic mass is 16.6. The second-order valence-electron chi connectivity index (χ2n) is 8.23. The number of carbonyl (C=O) groups is 2. The Morgan fingerprint density at radius 1 is 1.15 bits per heavy atom. The van der Waals surface area contributed by atoms with Crippen LogP contribution in [0.4, 0.5) is 9.59 Å². The summed E-state index contributed by atoms with van der Waals surface area (Å²) in [4.78, 5) is 28.1. The fourth-order valence-electron chi connectivity index (χ4n) is 3.39. The first-order valence-corrected chi connectivity index (χ1v) is 9.49. The van der Waals surface area contributed by atoms with Crippen molar-refractivity contribution < 1.29 is 19.1 Å². The third kappa shape index (κ3) is 5.60. The van der Waals surface area contributed by atoms with Crippen molar-refractivity contribution in [2.75, 3.05) is 26.2 Å². The van der Waals surface area contributed by atoms with E-state index in [1.165, 1.54) is 0 Å². The molecule has 1 atom stereocenters. The summed E-state index contributed by atoms with van der Waals surface area (Å²) in [5.74, 6) is 0. The summed E-state index contributed by atoms with van der Waals surface area (Å²) in [7, 11) is 0. The normalized spacial score (nSPS) is 20.9. The van der Waals surface area contributed by atoms with E-state index in [-0.39, 0.29) is 18.2 Å². The van der Waals surface area contributed by atoms with E-state index in [4.69, 9.17) is 9.47 Å². The largest absolute Gasteiger partial charge is 0.445 e. The number of ether oxygens (including phenoxy) is 2. The highest BCUT2D eigenvalue weighted by Crippen LogP contribution is 2.22. The van der Waals surface area contributed by atoms with Crippen LogP contribution in [0, 0.1) is 0 Å². The minimum absolute atomic E-state index is 0.110. The minimum atomic E-state index is -0.487. The minimum Gasteiger partial charge on any atom is -0.445 e. The van der Waals surface area contributed by atoms with Crippen LogP contribution in [0.2, 0.25) is 0 Å². The fourth-order valence-corrected chi connectivity index (χ4v) is 3.39. The van der Waals surface area contributed by atoms with Crippen LogP contribution < -0.4 is 5.32 Å². The summed E-state index contributed by atoms with van der Waals surface area (Å²) in [5, 5.41) is 2.89. The topological polar surface area (TPSA) is 71.1 Å². The summed E-state index contributed by atoms with van der Waals surface area (Å²) in [5.41, 5.74) is 0.500. The molecule has 7 heteroatoms. The summed E-state index contributed by atoms with van der Waals surface area (Å²) in [6.07, 6.45) is 0.301. The average Bonchev–Trinajstić information content (AvgIpc) is 3.04. The lowest BCUT2D eigenvalue weighted by Gasteiger charge is -2.43. The first-order valence-electron chi connectivity index (χ1n) is 9.49. The molecule has 3 rings (SSSR count). The van der Waals surface area contributed by atoms with E-state index in [0.29, 0.717) is 25.7 Å². The van der Waals surface area contributed by atoms with Gasteiger partial charge in [-0.25, -0.2) is 9.59 Å². The maximum absolute atomic E-state index is 12.2. The molecule has 1 N–H and O–H groups in total. The Labute approximate surface area is 160 Å². The van der Waals surface area contributed by atoms with Crippen molar-refractivity contribution in [2.24, 2.45) is 0 Å². The molecule has 1 aromatic rings. The molecule has 1 aromatic carbocycles. The lowest BCUT2D eigenvalue weighted by molar-refractivity contribution is 0.0328. The van der Waals surface area contributed by atoms with E-state index in [1.807, 2.05) is 51.1 Å². The van der Waals surface area contributed by atoms with Crippen LogP contribution in [0.5, 0.6) is 0 Å². The molecule has 2 saturated heterocycles. The molecule has 2 aliphatic heterocycles. The molecular weight excluding hydrogens is 346 g/mol. The van der Waals surface area contributed by atoms with E-state index in [1.54, 1.807) is 4.90 Å². The Hall–Kier alpha value is -2.28. The molecule has 7 nitrogen and oxygen atoms in total. The molecule has 0 aromatic heterocycles. The van der Waals surface area contributed by atoms with Crippen molar-refractivity contribution in [1.29, 1.82) is 0 Å². The van der Waals surface area contributed by atoms with E-state index in [9.17, 15) is 9.59 Å². The van der Waals surface area contributed by atoms with Gasteiger partial charge in [0.1, 0.15) is 12.2 Å². The third-order valence-corrected chi connectivity index (χ3v) is 4.77. The predicted molar refractivity (Wildman–Crippen MR) is 101 cm³/mol. The quantitative estimate of drug-likeness (QED) is 0.876. The number of amides is 2. The van der Waals surface area contributed by atoms with Crippen LogP contribution in [0.3, 0.4) is 0 Å². The molecule has 0 bridgehead atoms. The maximum Gasteiger partial charge on any atom is 0.410 e. The SMILES string of the molecule is CC(C)(C)OC(=O)NC1CN([C@H]2CCN(C(=O)OCc3ccccc3)C2)C1. The molecule has 0 radical (unpaired) electrons. The van der Waals surface area contributed by atoms with Gasteiger partial charge in [-0.15, -0.1) is 0 Å². The number of hydrogen-bond acceptors (Lipinski definition) is 5. The molecule has 0 saturated carbocycles. The second kappa shape index (κ2) is 8.17. The van der Waals surface area contributed by atoms with Gasteiger partial charge in [-0.2, -0.15) is 0 Å². The Morgan fingerprint density at radius 2 is 1.85 bits per heavy atom. The van der Waals surface area contributed by atoms with Crippen molar-refractivity contribution in [2.45, 2.75) is 51.5 Å². The van der Waals surface area contributed by atoms with Gasteiger partial charge in [0.25, 0.3) is 0 Å². The highest BCUT2D eigenvalue weighted by molar-refractivity contribution is 5.68. The Kier molecular flexibility index (Phi) is 5.89. The smallest absolute Gasteiger partial charge is 0.410 e. The van der Waals surface area contributed by atoms with Crippen molar-refractivity contribution >= 4 is 12.2 Å². The molecule has 0 aliphatic carbocycles. The van der Waals surface area contributed by atoms with E-state index < -0.39 is 5.60 Å². The van der Waals surface area contributed by atoms with Gasteiger partial charge in [0.2, 0.25) is 0 Å². The number of likely N-dealkylation sites (tertiary alicyclic amines) is 2. The van der Waals surface area contributed by atoms with Crippen LogP contribution in [0.1, 0.15) is 32.8 Å². The Morgan fingerprint density at radius 3 is 2.52 bits per heavy atom. The number of carbonyl (C=O) groups excluding carboxylic acids is 2. The molecule has 2 aliphatic rings. The second-order valence-corrected chi connectivity index (χ2v) is 8.23. The van der Waals surface area contributed by atoms with Gasteiger partial charge in [-0.05, 0) is 32.8 Å². The standard InChI is InChI=1S/C20H29N3O4/c1-20(2,3)27-18(24)21-16-11-23(12-16)17-9-10-22(13-17)19(25)26-14-15-7-5-4-6-8-15/h4-8,16-17H,9-14H2,1-3H3,(H,21,24)/t17-/m0/s1. The van der Waals surface area contributed by atoms with Crippen molar-refractivity contribution in [3.05, 3.63) is 35.9 Å². The summed E-state index contributed by atoms with van der Waals surface area (Å²) < 4.78 is 10.7. The van der Waals surface area contributed by atoms with Crippen LogP contribution in [-0.4, -0.2) is 65.9 Å². The number of rotatable bonds is 4. The van der Waals surface area contributed by atoms with Crippen LogP contribution >= 0.6 is 0 Å². The number of nitrogens with one attached hydrogen (secondary N) is 1. The third-order valence-electron chi connectivity index (χ3n) is 4.77. The Balaban J connectivity index is 1.35. The van der Waals surface area contributed by atoms with E-state index in [2.05, 4.69) is 10.2 Å². The molecule has 148 valence electrons. The van der Waals surface area contributed by atoms with Gasteiger partial charge < -0.3 is 19.7 Å². The summed E-state index contributed by atoms with van der Waals surface area (Å²) in [6, 6.07) is 10.1. The molecule has 0 unspecified atom stereocenters. The number of benzene rings is 1. The molecule has 2 amide bonds. The zero-order chi connectivity index (χ0) is 19.4. The van der Waals surface area contributed by atoms with E-state index >= 15 is 0 Å². The lowest BCUT2D eigenvalue weighted by atomic mass is 10.0. The molecular formula is C20H29N3O4. The van der Waals surface area contributed by atoms with Gasteiger partial charge in [0.05, 0.1) is 6.04 Å². The number of hydrogen-bond donors (Lipinski definition) is 1. The molecule has 2 fully saturated rings. The van der Waals surface area contributed by atoms with Gasteiger partial charge >= 0.3 is 12.2 Å².